The van der Waals surface area contributed by atoms with Gasteiger partial charge in [0, 0.05) is 0 Å². The number of benzene rings is 2. The van der Waals surface area contributed by atoms with Gasteiger partial charge in [-0.15, -0.1) is 0 Å². The number of aliphatic imine (C=N–C) groups is 1. The average Bonchev–Trinajstić information content (AvgIpc) is 3.14. The first-order valence-electron chi connectivity index (χ1n) is 10.8. The SMILES string of the molecule is Cc1c(O)nc(N)nc1N(/C=N/Cc1ccc(-c2ccccc2)cc1)C1OC(CO)C(O)C1O. The number of aliphatic hydroxyl groups is 3. The van der Waals surface area contributed by atoms with Gasteiger partial charge >= 0.3 is 0 Å². The highest BCUT2D eigenvalue weighted by molar-refractivity contribution is 5.80. The third kappa shape index (κ3) is 4.85. The number of nitrogens with zero attached hydrogens (tertiary/aromatic N) is 4. The zero-order valence-electron chi connectivity index (χ0n) is 18.6. The topological polar surface area (TPSA) is 158 Å². The van der Waals surface area contributed by atoms with Crippen LogP contribution in [0.2, 0.25) is 0 Å². The van der Waals surface area contributed by atoms with Gasteiger partial charge in [0.05, 0.1) is 25.1 Å². The maximum atomic E-state index is 10.5. The molecule has 3 aromatic rings. The number of ether oxygens (including phenoxy) is 1. The summed E-state index contributed by atoms with van der Waals surface area (Å²) in [4.78, 5) is 13.7. The first kappa shape index (κ1) is 23.6. The number of aromatic hydroxyl groups is 1. The Labute approximate surface area is 196 Å². The quantitative estimate of drug-likeness (QED) is 0.255. The Kier molecular flexibility index (Phi) is 7.03. The van der Waals surface area contributed by atoms with Gasteiger partial charge in [-0.2, -0.15) is 9.97 Å². The molecule has 0 aliphatic carbocycles. The summed E-state index contributed by atoms with van der Waals surface area (Å²) in [6.45, 7) is 1.41. The van der Waals surface area contributed by atoms with E-state index < -0.39 is 31.1 Å². The summed E-state index contributed by atoms with van der Waals surface area (Å²) in [6, 6.07) is 18.0. The summed E-state index contributed by atoms with van der Waals surface area (Å²) in [6.07, 6.45) is -3.39. The summed E-state index contributed by atoms with van der Waals surface area (Å²) in [5.41, 5.74) is 9.14. The van der Waals surface area contributed by atoms with Gasteiger partial charge in [-0.3, -0.25) is 9.89 Å². The number of anilines is 2. The molecule has 1 aromatic heterocycles. The van der Waals surface area contributed by atoms with Crippen molar-refractivity contribution in [2.45, 2.75) is 38.0 Å². The minimum Gasteiger partial charge on any atom is -0.493 e. The molecule has 6 N–H and O–H groups in total. The molecule has 4 unspecified atom stereocenters. The molecule has 0 amide bonds. The summed E-state index contributed by atoms with van der Waals surface area (Å²) in [5, 5.41) is 40.3. The van der Waals surface area contributed by atoms with Crippen LogP contribution < -0.4 is 10.6 Å². The van der Waals surface area contributed by atoms with Crippen LogP contribution in [-0.2, 0) is 11.3 Å². The highest BCUT2D eigenvalue weighted by atomic mass is 16.6. The van der Waals surface area contributed by atoms with E-state index in [1.165, 1.54) is 11.2 Å². The number of hydrogen-bond acceptors (Lipinski definition) is 9. The number of aliphatic hydroxyl groups excluding tert-OH is 3. The number of nitrogens with two attached hydrogens (primary N) is 1. The predicted octanol–water partition coefficient (Wildman–Crippen LogP) is 1.21. The van der Waals surface area contributed by atoms with Crippen molar-refractivity contribution in [1.82, 2.24) is 9.97 Å². The van der Waals surface area contributed by atoms with Gasteiger partial charge in [-0.1, -0.05) is 54.6 Å². The molecule has 0 radical (unpaired) electrons. The molecule has 0 spiro atoms. The maximum Gasteiger partial charge on any atom is 0.225 e. The Morgan fingerprint density at radius 3 is 2.35 bits per heavy atom. The van der Waals surface area contributed by atoms with E-state index in [0.29, 0.717) is 6.54 Å². The van der Waals surface area contributed by atoms with Gasteiger partial charge in [0.25, 0.3) is 0 Å². The molecular weight excluding hydrogens is 438 g/mol. The van der Waals surface area contributed by atoms with E-state index in [2.05, 4.69) is 15.0 Å². The van der Waals surface area contributed by atoms with Crippen LogP contribution in [0.4, 0.5) is 11.8 Å². The molecule has 1 aliphatic heterocycles. The van der Waals surface area contributed by atoms with Crippen LogP contribution in [0.25, 0.3) is 11.1 Å². The largest absolute Gasteiger partial charge is 0.493 e. The average molecular weight is 466 g/mol. The van der Waals surface area contributed by atoms with Crippen molar-refractivity contribution in [3.63, 3.8) is 0 Å². The van der Waals surface area contributed by atoms with Crippen LogP contribution in [0.1, 0.15) is 11.1 Å². The molecule has 1 aliphatic rings. The van der Waals surface area contributed by atoms with Crippen LogP contribution in [0.3, 0.4) is 0 Å². The zero-order chi connectivity index (χ0) is 24.2. The van der Waals surface area contributed by atoms with Crippen LogP contribution in [0, 0.1) is 6.92 Å². The van der Waals surface area contributed by atoms with E-state index in [1.54, 1.807) is 6.92 Å². The van der Waals surface area contributed by atoms with Gasteiger partial charge in [0.1, 0.15) is 24.1 Å². The number of rotatable bonds is 7. The Balaban J connectivity index is 1.59. The molecule has 178 valence electrons. The monoisotopic (exact) mass is 465 g/mol. The van der Waals surface area contributed by atoms with Gasteiger partial charge in [-0.05, 0) is 23.6 Å². The van der Waals surface area contributed by atoms with E-state index in [9.17, 15) is 20.4 Å². The van der Waals surface area contributed by atoms with Crippen molar-refractivity contribution in [1.29, 1.82) is 0 Å². The first-order chi connectivity index (χ1) is 16.4. The molecule has 34 heavy (non-hydrogen) atoms. The second-order valence-electron chi connectivity index (χ2n) is 8.01. The van der Waals surface area contributed by atoms with Gasteiger partial charge in [-0.25, -0.2) is 0 Å². The third-order valence-corrected chi connectivity index (χ3v) is 5.69. The summed E-state index contributed by atoms with van der Waals surface area (Å²) in [5.74, 6) is -0.355. The lowest BCUT2D eigenvalue weighted by Crippen LogP contribution is -2.44. The van der Waals surface area contributed by atoms with Crippen molar-refractivity contribution < 1.29 is 25.2 Å². The molecule has 4 rings (SSSR count). The Morgan fingerprint density at radius 1 is 1.03 bits per heavy atom. The standard InChI is InChI=1S/C24H27N5O5/c1-14-21(27-24(25)28-22(14)33)29(23-20(32)19(31)18(12-30)34-23)13-26-11-15-7-9-17(10-8-15)16-5-3-2-4-6-16/h2-10,13,18-20,23,30-32H,11-12H2,1H3,(H3,25,27,28,33)/b26-13+. The highest BCUT2D eigenvalue weighted by Gasteiger charge is 2.46. The molecule has 1 fully saturated rings. The van der Waals surface area contributed by atoms with Gasteiger partial charge < -0.3 is 30.9 Å². The first-order valence-corrected chi connectivity index (χ1v) is 10.8. The summed E-state index contributed by atoms with van der Waals surface area (Å²) < 4.78 is 5.66. The molecule has 4 atom stereocenters. The Hall–Kier alpha value is -3.57. The van der Waals surface area contributed by atoms with E-state index >= 15 is 0 Å². The Bertz CT molecular complexity index is 1140. The second-order valence-corrected chi connectivity index (χ2v) is 8.01. The normalized spacial score (nSPS) is 22.4. The fourth-order valence-electron chi connectivity index (χ4n) is 3.78. The molecule has 0 saturated carbocycles. The van der Waals surface area contributed by atoms with E-state index in [-0.39, 0.29) is 23.2 Å². The molecule has 2 aromatic carbocycles. The van der Waals surface area contributed by atoms with Crippen molar-refractivity contribution in [2.75, 3.05) is 17.2 Å². The zero-order valence-corrected chi connectivity index (χ0v) is 18.6. The van der Waals surface area contributed by atoms with E-state index in [0.717, 1.165) is 16.7 Å². The van der Waals surface area contributed by atoms with Crippen molar-refractivity contribution in [2.24, 2.45) is 4.99 Å². The molecule has 10 nitrogen and oxygen atoms in total. The second kappa shape index (κ2) is 10.1. The molecule has 2 heterocycles. The van der Waals surface area contributed by atoms with Crippen LogP contribution in [0.15, 0.2) is 59.6 Å². The number of aromatic nitrogens is 2. The molecular formula is C24H27N5O5. The van der Waals surface area contributed by atoms with Gasteiger partial charge in [0.15, 0.2) is 6.23 Å². The fraction of sp³-hybridized carbons (Fsp3) is 0.292. The van der Waals surface area contributed by atoms with Gasteiger partial charge in [0.2, 0.25) is 11.8 Å². The van der Waals surface area contributed by atoms with Crippen molar-refractivity contribution in [3.8, 4) is 17.0 Å². The number of hydrogen-bond donors (Lipinski definition) is 5. The molecule has 1 saturated heterocycles. The molecule has 10 heteroatoms. The molecule has 0 bridgehead atoms. The van der Waals surface area contributed by atoms with Crippen molar-refractivity contribution >= 4 is 18.1 Å². The van der Waals surface area contributed by atoms with Crippen LogP contribution >= 0.6 is 0 Å². The minimum atomic E-state index is -1.37. The van der Waals surface area contributed by atoms with Crippen LogP contribution in [-0.4, -0.2) is 67.9 Å². The predicted molar refractivity (Wildman–Crippen MR) is 127 cm³/mol. The fourth-order valence-corrected chi connectivity index (χ4v) is 3.78. The highest BCUT2D eigenvalue weighted by Crippen LogP contribution is 2.31. The summed E-state index contributed by atoms with van der Waals surface area (Å²) in [7, 11) is 0. The smallest absolute Gasteiger partial charge is 0.225 e. The van der Waals surface area contributed by atoms with E-state index in [4.69, 9.17) is 10.5 Å². The lowest BCUT2D eigenvalue weighted by molar-refractivity contribution is -0.0191. The lowest BCUT2D eigenvalue weighted by atomic mass is 10.0. The number of nitrogen functional groups attached to an aromatic ring is 1. The van der Waals surface area contributed by atoms with Crippen molar-refractivity contribution in [3.05, 3.63) is 65.7 Å². The maximum absolute atomic E-state index is 10.5. The lowest BCUT2D eigenvalue weighted by Gasteiger charge is -2.28. The minimum absolute atomic E-state index is 0.156. The third-order valence-electron chi connectivity index (χ3n) is 5.69. The summed E-state index contributed by atoms with van der Waals surface area (Å²) >= 11 is 0. The van der Waals surface area contributed by atoms with Crippen LogP contribution in [0.5, 0.6) is 5.88 Å². The Morgan fingerprint density at radius 2 is 1.71 bits per heavy atom. The van der Waals surface area contributed by atoms with E-state index in [1.807, 2.05) is 54.6 Å².